The van der Waals surface area contributed by atoms with Crippen LogP contribution in [0.5, 0.6) is 11.5 Å². The average Bonchev–Trinajstić information content (AvgIpc) is 2.73. The summed E-state index contributed by atoms with van der Waals surface area (Å²) in [5, 5.41) is 4.88. The Kier molecular flexibility index (Phi) is 5.86. The van der Waals surface area contributed by atoms with E-state index in [-0.39, 0.29) is 11.3 Å². The van der Waals surface area contributed by atoms with Crippen molar-refractivity contribution >= 4 is 16.7 Å². The fraction of sp³-hybridized carbons (Fsp3) is 0.320. The third-order valence-electron chi connectivity index (χ3n) is 5.84. The highest BCUT2D eigenvalue weighted by atomic mass is 19.4. The van der Waals surface area contributed by atoms with Gasteiger partial charge in [-0.3, -0.25) is 4.79 Å². The molecule has 3 aromatic carbocycles. The van der Waals surface area contributed by atoms with Gasteiger partial charge in [0.15, 0.2) is 0 Å². The Balaban J connectivity index is 0.00000119. The Hall–Kier alpha value is -3.06. The second kappa shape index (κ2) is 8.47. The number of halogens is 3. The zero-order valence-electron chi connectivity index (χ0n) is 18.0. The number of rotatable bonds is 3. The van der Waals surface area contributed by atoms with E-state index in [0.717, 1.165) is 49.1 Å². The standard InChI is InChI=1S/C23H19F3N2O2.C2H6/c24-23(25,26)17-5-7-18(8-6-17)30-20-3-1-2-15-10-16(4-9-19(15)20)21(29)28-13-22(14-28)11-27-12-22;1-2/h1-10,27H,11-14H2;1-2H3. The van der Waals surface area contributed by atoms with Gasteiger partial charge in [-0.25, -0.2) is 0 Å². The number of nitrogens with one attached hydrogen (secondary N) is 1. The summed E-state index contributed by atoms with van der Waals surface area (Å²) < 4.78 is 44.0. The molecule has 168 valence electrons. The normalized spacial score (nSPS) is 16.6. The van der Waals surface area contributed by atoms with Gasteiger partial charge in [-0.15, -0.1) is 0 Å². The molecule has 2 saturated heterocycles. The highest BCUT2D eigenvalue weighted by molar-refractivity contribution is 6.00. The van der Waals surface area contributed by atoms with Gasteiger partial charge >= 0.3 is 6.18 Å². The van der Waals surface area contributed by atoms with Crippen LogP contribution in [-0.4, -0.2) is 37.0 Å². The minimum absolute atomic E-state index is 0.0171. The van der Waals surface area contributed by atoms with Crippen LogP contribution in [-0.2, 0) is 6.18 Å². The molecule has 5 rings (SSSR count). The predicted molar refractivity (Wildman–Crippen MR) is 118 cm³/mol. The predicted octanol–water partition coefficient (Wildman–Crippen LogP) is 5.72. The van der Waals surface area contributed by atoms with Gasteiger partial charge in [0, 0.05) is 42.5 Å². The Morgan fingerprint density at radius 1 is 1.00 bits per heavy atom. The summed E-state index contributed by atoms with van der Waals surface area (Å²) in [6.45, 7) is 7.51. The first-order valence-electron chi connectivity index (χ1n) is 10.7. The highest BCUT2D eigenvalue weighted by Crippen LogP contribution is 2.36. The van der Waals surface area contributed by atoms with E-state index in [4.69, 9.17) is 4.74 Å². The zero-order chi connectivity index (χ0) is 22.9. The molecule has 0 aromatic heterocycles. The maximum Gasteiger partial charge on any atom is 0.416 e. The molecule has 0 saturated carbocycles. The van der Waals surface area contributed by atoms with Crippen LogP contribution in [0.15, 0.2) is 60.7 Å². The molecular formula is C25H25F3N2O2. The lowest BCUT2D eigenvalue weighted by atomic mass is 9.74. The van der Waals surface area contributed by atoms with Gasteiger partial charge in [0.25, 0.3) is 5.91 Å². The SMILES string of the molecule is CC.O=C(c1ccc2c(Oc3ccc(C(F)(F)F)cc3)cccc2c1)N1CC2(CNC2)C1. The maximum atomic E-state index is 12.8. The monoisotopic (exact) mass is 442 g/mol. The van der Waals surface area contributed by atoms with Crippen LogP contribution in [0.2, 0.25) is 0 Å². The first-order chi connectivity index (χ1) is 15.3. The minimum atomic E-state index is -4.38. The van der Waals surface area contributed by atoms with E-state index >= 15 is 0 Å². The quantitative estimate of drug-likeness (QED) is 0.564. The fourth-order valence-electron chi connectivity index (χ4n) is 4.11. The summed E-state index contributed by atoms with van der Waals surface area (Å²) in [4.78, 5) is 14.6. The summed E-state index contributed by atoms with van der Waals surface area (Å²) in [5.74, 6) is 0.855. The van der Waals surface area contributed by atoms with Crippen molar-refractivity contribution in [2.24, 2.45) is 5.41 Å². The molecule has 2 aliphatic rings. The molecule has 7 heteroatoms. The molecular weight excluding hydrogens is 417 g/mol. The second-order valence-corrected chi connectivity index (χ2v) is 8.08. The number of carbonyl (C=O) groups excluding carboxylic acids is 1. The summed E-state index contributed by atoms with van der Waals surface area (Å²) in [5.41, 5.74) is 0.174. The lowest BCUT2D eigenvalue weighted by Gasteiger charge is -2.56. The Labute approximate surface area is 185 Å². The molecule has 0 aliphatic carbocycles. The van der Waals surface area contributed by atoms with Crippen molar-refractivity contribution in [2.75, 3.05) is 26.2 Å². The maximum absolute atomic E-state index is 12.8. The van der Waals surface area contributed by atoms with Crippen molar-refractivity contribution in [1.82, 2.24) is 10.2 Å². The number of hydrogen-bond donors (Lipinski definition) is 1. The number of likely N-dealkylation sites (tertiary alicyclic amines) is 1. The molecule has 2 fully saturated rings. The van der Waals surface area contributed by atoms with E-state index < -0.39 is 11.7 Å². The van der Waals surface area contributed by atoms with Crippen molar-refractivity contribution in [2.45, 2.75) is 20.0 Å². The number of alkyl halides is 3. The van der Waals surface area contributed by atoms with Gasteiger partial charge in [-0.1, -0.05) is 26.0 Å². The van der Waals surface area contributed by atoms with Crippen molar-refractivity contribution < 1.29 is 22.7 Å². The van der Waals surface area contributed by atoms with Gasteiger partial charge in [-0.05, 0) is 53.9 Å². The van der Waals surface area contributed by atoms with Crippen LogP contribution in [0.4, 0.5) is 13.2 Å². The lowest BCUT2D eigenvalue weighted by Crippen LogP contribution is -2.71. The molecule has 1 spiro atoms. The van der Waals surface area contributed by atoms with Crippen LogP contribution < -0.4 is 10.1 Å². The third kappa shape index (κ3) is 4.17. The first kappa shape index (κ1) is 22.1. The van der Waals surface area contributed by atoms with Crippen LogP contribution in [0.1, 0.15) is 29.8 Å². The summed E-state index contributed by atoms with van der Waals surface area (Å²) >= 11 is 0. The molecule has 2 aliphatic heterocycles. The second-order valence-electron chi connectivity index (χ2n) is 8.08. The molecule has 32 heavy (non-hydrogen) atoms. The minimum Gasteiger partial charge on any atom is -0.457 e. The van der Waals surface area contributed by atoms with Crippen LogP contribution in [0, 0.1) is 5.41 Å². The number of nitrogens with zero attached hydrogens (tertiary/aromatic N) is 1. The largest absolute Gasteiger partial charge is 0.457 e. The number of benzene rings is 3. The molecule has 0 unspecified atom stereocenters. The Bertz CT molecular complexity index is 1110. The average molecular weight is 442 g/mol. The molecule has 1 amide bonds. The van der Waals surface area contributed by atoms with Gasteiger partial charge in [0.2, 0.25) is 0 Å². The molecule has 1 N–H and O–H groups in total. The van der Waals surface area contributed by atoms with E-state index in [1.165, 1.54) is 12.1 Å². The number of ether oxygens (including phenoxy) is 1. The molecule has 4 nitrogen and oxygen atoms in total. The van der Waals surface area contributed by atoms with Crippen molar-refractivity contribution in [3.05, 3.63) is 71.8 Å². The third-order valence-corrected chi connectivity index (χ3v) is 5.84. The summed E-state index contributed by atoms with van der Waals surface area (Å²) in [6, 6.07) is 15.5. The fourth-order valence-corrected chi connectivity index (χ4v) is 4.11. The summed E-state index contributed by atoms with van der Waals surface area (Å²) in [6.07, 6.45) is -4.38. The van der Waals surface area contributed by atoms with Gasteiger partial charge in [0.1, 0.15) is 11.5 Å². The van der Waals surface area contributed by atoms with E-state index in [2.05, 4.69) is 5.32 Å². The van der Waals surface area contributed by atoms with Gasteiger partial charge in [0.05, 0.1) is 5.56 Å². The van der Waals surface area contributed by atoms with Crippen LogP contribution in [0.25, 0.3) is 10.8 Å². The molecule has 3 aromatic rings. The summed E-state index contributed by atoms with van der Waals surface area (Å²) in [7, 11) is 0. The van der Waals surface area contributed by atoms with Crippen molar-refractivity contribution in [3.63, 3.8) is 0 Å². The number of fused-ring (bicyclic) bond motifs is 1. The molecule has 2 heterocycles. The number of hydrogen-bond acceptors (Lipinski definition) is 3. The van der Waals surface area contributed by atoms with Crippen LogP contribution >= 0.6 is 0 Å². The van der Waals surface area contributed by atoms with E-state index in [9.17, 15) is 18.0 Å². The van der Waals surface area contributed by atoms with Gasteiger partial charge in [-0.2, -0.15) is 13.2 Å². The van der Waals surface area contributed by atoms with Crippen molar-refractivity contribution in [3.8, 4) is 11.5 Å². The molecule has 0 radical (unpaired) electrons. The van der Waals surface area contributed by atoms with E-state index in [1.807, 2.05) is 36.9 Å². The molecule has 0 atom stereocenters. The first-order valence-corrected chi connectivity index (χ1v) is 10.7. The highest BCUT2D eigenvalue weighted by Gasteiger charge is 2.49. The number of amides is 1. The lowest BCUT2D eigenvalue weighted by molar-refractivity contribution is -0.137. The van der Waals surface area contributed by atoms with Crippen molar-refractivity contribution in [1.29, 1.82) is 0 Å². The smallest absolute Gasteiger partial charge is 0.416 e. The zero-order valence-corrected chi connectivity index (χ0v) is 18.0. The van der Waals surface area contributed by atoms with E-state index in [0.29, 0.717) is 17.1 Å². The van der Waals surface area contributed by atoms with E-state index in [1.54, 1.807) is 18.2 Å². The molecule has 0 bridgehead atoms. The Morgan fingerprint density at radius 3 is 2.28 bits per heavy atom. The number of carbonyl (C=O) groups is 1. The van der Waals surface area contributed by atoms with Crippen LogP contribution in [0.3, 0.4) is 0 Å². The Morgan fingerprint density at radius 2 is 1.69 bits per heavy atom. The topological polar surface area (TPSA) is 41.6 Å². The van der Waals surface area contributed by atoms with Gasteiger partial charge < -0.3 is 15.0 Å².